The molecule has 1 aromatic heterocycles. The number of rotatable bonds is 3. The molecule has 0 spiro atoms. The van der Waals surface area contributed by atoms with Gasteiger partial charge in [0.05, 0.1) is 11.6 Å². The summed E-state index contributed by atoms with van der Waals surface area (Å²) >= 11 is 0. The Labute approximate surface area is 303 Å². The van der Waals surface area contributed by atoms with Gasteiger partial charge in [0.2, 0.25) is 0 Å². The first kappa shape index (κ1) is 29.5. The van der Waals surface area contributed by atoms with E-state index in [2.05, 4.69) is 188 Å². The van der Waals surface area contributed by atoms with Gasteiger partial charge in [0.25, 0.3) is 0 Å². The van der Waals surface area contributed by atoms with E-state index in [0.29, 0.717) is 0 Å². The highest BCUT2D eigenvalue weighted by Crippen LogP contribution is 2.51. The minimum atomic E-state index is -0.0442. The summed E-state index contributed by atoms with van der Waals surface area (Å²) in [4.78, 5) is 0. The van der Waals surface area contributed by atoms with Crippen molar-refractivity contribution in [1.82, 2.24) is 4.57 Å². The summed E-state index contributed by atoms with van der Waals surface area (Å²) in [6.07, 6.45) is 10.0. The van der Waals surface area contributed by atoms with Crippen molar-refractivity contribution in [1.29, 1.82) is 0 Å². The molecule has 52 heavy (non-hydrogen) atoms. The Hall–Kier alpha value is -6.18. The molecule has 8 aromatic carbocycles. The molecule has 1 atom stereocenters. The van der Waals surface area contributed by atoms with Crippen LogP contribution in [0.15, 0.2) is 170 Å². The maximum Gasteiger partial charge on any atom is 0.0560 e. The van der Waals surface area contributed by atoms with E-state index in [4.69, 9.17) is 0 Å². The summed E-state index contributed by atoms with van der Waals surface area (Å²) < 4.78 is 2.59. The maximum atomic E-state index is 2.59. The monoisotopic (exact) mass is 663 g/mol. The van der Waals surface area contributed by atoms with Gasteiger partial charge >= 0.3 is 0 Å². The molecule has 0 fully saturated rings. The van der Waals surface area contributed by atoms with Gasteiger partial charge in [-0.2, -0.15) is 0 Å². The van der Waals surface area contributed by atoms with Gasteiger partial charge in [0, 0.05) is 21.7 Å². The molecule has 1 heterocycles. The van der Waals surface area contributed by atoms with Crippen molar-refractivity contribution in [3.63, 3.8) is 0 Å². The summed E-state index contributed by atoms with van der Waals surface area (Å²) in [7, 11) is 0. The van der Waals surface area contributed by atoms with Crippen LogP contribution in [-0.2, 0) is 5.41 Å². The Balaban J connectivity index is 1.09. The molecule has 246 valence electrons. The van der Waals surface area contributed by atoms with Crippen molar-refractivity contribution in [2.24, 2.45) is 0 Å². The third-order valence-corrected chi connectivity index (χ3v) is 12.1. The number of hydrogen-bond donors (Lipinski definition) is 0. The van der Waals surface area contributed by atoms with Crippen LogP contribution in [0.1, 0.15) is 37.4 Å². The Morgan fingerprint density at radius 3 is 1.75 bits per heavy atom. The molecule has 0 N–H and O–H groups in total. The van der Waals surface area contributed by atoms with Gasteiger partial charge in [-0.15, -0.1) is 0 Å². The van der Waals surface area contributed by atoms with Crippen LogP contribution in [-0.4, -0.2) is 4.57 Å². The molecule has 2 aliphatic rings. The van der Waals surface area contributed by atoms with Crippen LogP contribution >= 0.6 is 0 Å². The normalized spacial score (nSPS) is 16.0. The van der Waals surface area contributed by atoms with Gasteiger partial charge in [0.1, 0.15) is 0 Å². The SMILES string of the molecule is CC1(C)c2ccccc2-c2cc3c4cc(-c5cccc(-c6ccc7c8ccccc8c8ccccc8c7c6)c5)ccc4n(C4C=CC=CC4)c3cc21. The Kier molecular flexibility index (Phi) is 6.20. The largest absolute Gasteiger partial charge is 0.333 e. The number of allylic oxidation sites excluding steroid dienone is 4. The predicted octanol–water partition coefficient (Wildman–Crippen LogP) is 14.0. The van der Waals surface area contributed by atoms with Gasteiger partial charge in [-0.05, 0) is 120 Å². The van der Waals surface area contributed by atoms with Crippen LogP contribution in [0, 0.1) is 0 Å². The molecular formula is C51H37N. The number of fused-ring (bicyclic) bond motifs is 12. The van der Waals surface area contributed by atoms with Crippen LogP contribution in [0.4, 0.5) is 0 Å². The minimum Gasteiger partial charge on any atom is -0.333 e. The summed E-state index contributed by atoms with van der Waals surface area (Å²) in [6.45, 7) is 4.76. The number of hydrogen-bond acceptors (Lipinski definition) is 0. The van der Waals surface area contributed by atoms with E-state index in [-0.39, 0.29) is 11.5 Å². The van der Waals surface area contributed by atoms with Crippen molar-refractivity contribution < 1.29 is 0 Å². The molecule has 0 amide bonds. The molecule has 0 saturated heterocycles. The van der Waals surface area contributed by atoms with Crippen molar-refractivity contribution in [3.8, 4) is 33.4 Å². The smallest absolute Gasteiger partial charge is 0.0560 e. The zero-order valence-electron chi connectivity index (χ0n) is 29.4. The molecule has 11 rings (SSSR count). The Morgan fingerprint density at radius 2 is 1.04 bits per heavy atom. The molecule has 0 saturated carbocycles. The maximum absolute atomic E-state index is 2.59. The quantitative estimate of drug-likeness (QED) is 0.166. The fraction of sp³-hybridized carbons (Fsp3) is 0.0980. The highest BCUT2D eigenvalue weighted by atomic mass is 15.0. The van der Waals surface area contributed by atoms with Crippen molar-refractivity contribution in [2.75, 3.05) is 0 Å². The van der Waals surface area contributed by atoms with Crippen molar-refractivity contribution in [3.05, 3.63) is 181 Å². The van der Waals surface area contributed by atoms with Gasteiger partial charge in [-0.1, -0.05) is 147 Å². The topological polar surface area (TPSA) is 4.93 Å². The summed E-state index contributed by atoms with van der Waals surface area (Å²) in [6, 6.07) is 55.1. The molecule has 2 aliphatic carbocycles. The Morgan fingerprint density at radius 1 is 0.442 bits per heavy atom. The van der Waals surface area contributed by atoms with E-state index < -0.39 is 0 Å². The predicted molar refractivity (Wildman–Crippen MR) is 222 cm³/mol. The molecule has 1 unspecified atom stereocenters. The summed E-state index contributed by atoms with van der Waals surface area (Å²) in [5.74, 6) is 0. The fourth-order valence-corrected chi connectivity index (χ4v) is 9.50. The van der Waals surface area contributed by atoms with Crippen LogP contribution < -0.4 is 0 Å². The van der Waals surface area contributed by atoms with Crippen molar-refractivity contribution >= 4 is 54.1 Å². The van der Waals surface area contributed by atoms with Crippen LogP contribution in [0.5, 0.6) is 0 Å². The molecule has 1 heteroatoms. The second-order valence-corrected chi connectivity index (χ2v) is 15.2. The third-order valence-electron chi connectivity index (χ3n) is 12.1. The Bertz CT molecular complexity index is 2980. The third kappa shape index (κ3) is 4.17. The van der Waals surface area contributed by atoms with Gasteiger partial charge in [-0.25, -0.2) is 0 Å². The summed E-state index contributed by atoms with van der Waals surface area (Å²) in [5, 5.41) is 10.5. The van der Waals surface area contributed by atoms with E-state index in [1.54, 1.807) is 0 Å². The molecule has 0 radical (unpaired) electrons. The van der Waals surface area contributed by atoms with E-state index in [9.17, 15) is 0 Å². The van der Waals surface area contributed by atoms with Gasteiger partial charge in [0.15, 0.2) is 0 Å². The average Bonchev–Trinajstić information content (AvgIpc) is 3.64. The number of aromatic nitrogens is 1. The van der Waals surface area contributed by atoms with Crippen LogP contribution in [0.2, 0.25) is 0 Å². The lowest BCUT2D eigenvalue weighted by Gasteiger charge is -2.23. The highest BCUT2D eigenvalue weighted by molar-refractivity contribution is 6.25. The lowest BCUT2D eigenvalue weighted by atomic mass is 9.82. The minimum absolute atomic E-state index is 0.0442. The number of benzene rings is 8. The first-order valence-electron chi connectivity index (χ1n) is 18.5. The van der Waals surface area contributed by atoms with Gasteiger partial charge in [-0.3, -0.25) is 0 Å². The molecule has 0 aliphatic heterocycles. The zero-order chi connectivity index (χ0) is 34.6. The number of nitrogens with zero attached hydrogens (tertiary/aromatic N) is 1. The average molecular weight is 664 g/mol. The van der Waals surface area contributed by atoms with Gasteiger partial charge < -0.3 is 4.57 Å². The zero-order valence-corrected chi connectivity index (χ0v) is 29.4. The van der Waals surface area contributed by atoms with Crippen molar-refractivity contribution in [2.45, 2.75) is 31.7 Å². The first-order chi connectivity index (χ1) is 25.5. The summed E-state index contributed by atoms with van der Waals surface area (Å²) in [5.41, 5.74) is 13.1. The standard InChI is InChI=1S/C51H37N/c1-51(2)47-22-11-10-21-42(47)44-30-46-45-29-35(24-26-49(45)52(50(46)31-48(44)51)36-15-4-3-5-16-36)33-14-12-13-32(27-33)34-23-25-41-39-19-7-6-17-37(39)38-18-8-9-20-40(38)43(41)28-34/h3-15,17-31,36H,16H2,1-2H3. The van der Waals surface area contributed by atoms with Crippen LogP contribution in [0.25, 0.3) is 87.5 Å². The lowest BCUT2D eigenvalue weighted by Crippen LogP contribution is -2.15. The highest BCUT2D eigenvalue weighted by Gasteiger charge is 2.36. The van der Waals surface area contributed by atoms with E-state index in [0.717, 1.165) is 6.42 Å². The van der Waals surface area contributed by atoms with E-state index in [1.165, 1.54) is 98.6 Å². The van der Waals surface area contributed by atoms with Crippen LogP contribution in [0.3, 0.4) is 0 Å². The second kappa shape index (κ2) is 10.9. The van der Waals surface area contributed by atoms with E-state index in [1.807, 2.05) is 0 Å². The molecular weight excluding hydrogens is 627 g/mol. The van der Waals surface area contributed by atoms with E-state index >= 15 is 0 Å². The first-order valence-corrected chi connectivity index (χ1v) is 18.5. The fourth-order valence-electron chi connectivity index (χ4n) is 9.50. The molecule has 0 bridgehead atoms. The molecule has 1 nitrogen and oxygen atoms in total. The second-order valence-electron chi connectivity index (χ2n) is 15.2. The molecule has 9 aromatic rings. The lowest BCUT2D eigenvalue weighted by molar-refractivity contribution is 0.642.